The summed E-state index contributed by atoms with van der Waals surface area (Å²) in [5.41, 5.74) is 2.01. The third-order valence-corrected chi connectivity index (χ3v) is 2.08. The maximum Gasteiger partial charge on any atom is 0.154 e. The fourth-order valence-corrected chi connectivity index (χ4v) is 1.36. The molecule has 0 aliphatic rings. The van der Waals surface area contributed by atoms with Crippen LogP contribution < -0.4 is 5.32 Å². The lowest BCUT2D eigenvalue weighted by molar-refractivity contribution is 0.128. The average Bonchev–Trinajstić information content (AvgIpc) is 2.23. The third-order valence-electron chi connectivity index (χ3n) is 2.08. The van der Waals surface area contributed by atoms with E-state index < -0.39 is 0 Å². The van der Waals surface area contributed by atoms with Crippen LogP contribution >= 0.6 is 0 Å². The van der Waals surface area contributed by atoms with E-state index in [-0.39, 0.29) is 0 Å². The molecule has 0 unspecified atom stereocenters. The van der Waals surface area contributed by atoms with Crippen LogP contribution in [0.25, 0.3) is 0 Å². The van der Waals surface area contributed by atoms with Crippen molar-refractivity contribution in [2.24, 2.45) is 0 Å². The Morgan fingerprint density at radius 3 is 2.75 bits per heavy atom. The predicted octanol–water partition coefficient (Wildman–Crippen LogP) is 1.82. The van der Waals surface area contributed by atoms with E-state index in [2.05, 4.69) is 29.1 Å². The molecule has 1 aromatic rings. The Kier molecular flexibility index (Phi) is 5.35. The number of aryl methyl sites for hydroxylation is 1. The van der Waals surface area contributed by atoms with Gasteiger partial charge in [0.2, 0.25) is 0 Å². The topological polar surface area (TPSA) is 47.0 Å². The summed E-state index contributed by atoms with van der Waals surface area (Å²) in [6.45, 7) is 10.2. The highest BCUT2D eigenvalue weighted by molar-refractivity contribution is 5.09. The van der Waals surface area contributed by atoms with Crippen molar-refractivity contribution in [2.75, 3.05) is 6.61 Å². The number of nitrogens with one attached hydrogen (secondary N) is 1. The molecule has 0 aromatic carbocycles. The monoisotopic (exact) mass is 223 g/mol. The van der Waals surface area contributed by atoms with E-state index in [0.717, 1.165) is 23.8 Å². The van der Waals surface area contributed by atoms with Crippen molar-refractivity contribution < 1.29 is 4.74 Å². The van der Waals surface area contributed by atoms with Gasteiger partial charge in [0, 0.05) is 24.9 Å². The highest BCUT2D eigenvalue weighted by Crippen LogP contribution is 2.02. The highest BCUT2D eigenvalue weighted by Gasteiger charge is 2.03. The zero-order valence-corrected chi connectivity index (χ0v) is 10.6. The summed E-state index contributed by atoms with van der Waals surface area (Å²) in [5.74, 6) is 0.766. The predicted molar refractivity (Wildman–Crippen MR) is 64.1 cm³/mol. The Bertz CT molecular complexity index is 326. The van der Waals surface area contributed by atoms with Gasteiger partial charge in [0.05, 0.1) is 5.69 Å². The van der Waals surface area contributed by atoms with Gasteiger partial charge in [-0.15, -0.1) is 0 Å². The van der Waals surface area contributed by atoms with Crippen molar-refractivity contribution >= 4 is 0 Å². The second-order valence-corrected chi connectivity index (χ2v) is 4.09. The van der Waals surface area contributed by atoms with E-state index in [1.165, 1.54) is 0 Å². The van der Waals surface area contributed by atoms with Gasteiger partial charge in [0.1, 0.15) is 6.61 Å². The lowest BCUT2D eigenvalue weighted by atomic mass is 10.3. The van der Waals surface area contributed by atoms with Gasteiger partial charge in [0.25, 0.3) is 0 Å². The molecule has 1 N–H and O–H groups in total. The summed E-state index contributed by atoms with van der Waals surface area (Å²) in [6.07, 6.45) is 0. The Labute approximate surface area is 97.5 Å². The van der Waals surface area contributed by atoms with Crippen LogP contribution in [-0.4, -0.2) is 22.6 Å². The van der Waals surface area contributed by atoms with Crippen LogP contribution in [0.4, 0.5) is 0 Å². The molecule has 0 aliphatic heterocycles. The summed E-state index contributed by atoms with van der Waals surface area (Å²) in [7, 11) is 0. The molecule has 0 radical (unpaired) electrons. The molecule has 0 spiro atoms. The molecule has 90 valence electrons. The van der Waals surface area contributed by atoms with Crippen LogP contribution in [0.3, 0.4) is 0 Å². The summed E-state index contributed by atoms with van der Waals surface area (Å²) < 4.78 is 5.31. The third kappa shape index (κ3) is 4.68. The van der Waals surface area contributed by atoms with Gasteiger partial charge < -0.3 is 10.1 Å². The first-order valence-corrected chi connectivity index (χ1v) is 5.76. The molecule has 0 bridgehead atoms. The molecule has 0 fully saturated rings. The molecule has 16 heavy (non-hydrogen) atoms. The van der Waals surface area contributed by atoms with Crippen molar-refractivity contribution in [2.45, 2.75) is 46.9 Å². The molecule has 0 atom stereocenters. The highest BCUT2D eigenvalue weighted by atomic mass is 16.5. The van der Waals surface area contributed by atoms with Crippen LogP contribution in [0.15, 0.2) is 6.07 Å². The van der Waals surface area contributed by atoms with Crippen LogP contribution in [0.1, 0.15) is 38.0 Å². The minimum Gasteiger partial charge on any atom is -0.374 e. The Morgan fingerprint density at radius 1 is 1.38 bits per heavy atom. The van der Waals surface area contributed by atoms with Crippen molar-refractivity contribution in [3.05, 3.63) is 23.3 Å². The van der Waals surface area contributed by atoms with Gasteiger partial charge in [-0.2, -0.15) is 0 Å². The molecular weight excluding hydrogens is 202 g/mol. The van der Waals surface area contributed by atoms with Crippen LogP contribution in [0.5, 0.6) is 0 Å². The van der Waals surface area contributed by atoms with Gasteiger partial charge in [-0.05, 0) is 19.9 Å². The van der Waals surface area contributed by atoms with Gasteiger partial charge in [-0.3, -0.25) is 0 Å². The quantitative estimate of drug-likeness (QED) is 0.799. The first-order chi connectivity index (χ1) is 7.61. The lowest BCUT2D eigenvalue weighted by Crippen LogP contribution is -2.23. The Balaban J connectivity index is 2.65. The lowest BCUT2D eigenvalue weighted by Gasteiger charge is -2.09. The SMILES string of the molecule is CCOCc1nc(C)cc(CNC(C)C)n1. The first-order valence-electron chi connectivity index (χ1n) is 5.76. The smallest absolute Gasteiger partial charge is 0.154 e. The molecule has 1 aromatic heterocycles. The Hall–Kier alpha value is -1.00. The molecule has 4 nitrogen and oxygen atoms in total. The summed E-state index contributed by atoms with van der Waals surface area (Å²) in [4.78, 5) is 8.78. The molecule has 1 rings (SSSR count). The zero-order chi connectivity index (χ0) is 12.0. The number of hydrogen-bond donors (Lipinski definition) is 1. The Morgan fingerprint density at radius 2 is 2.12 bits per heavy atom. The standard InChI is InChI=1S/C12H21N3O/c1-5-16-8-12-14-10(4)6-11(15-12)7-13-9(2)3/h6,9,13H,5,7-8H2,1-4H3. The van der Waals surface area contributed by atoms with Gasteiger partial charge >= 0.3 is 0 Å². The number of hydrogen-bond acceptors (Lipinski definition) is 4. The minimum atomic E-state index is 0.464. The molecule has 0 aliphatic carbocycles. The van der Waals surface area contributed by atoms with Crippen LogP contribution in [0.2, 0.25) is 0 Å². The number of ether oxygens (including phenoxy) is 1. The molecule has 0 amide bonds. The zero-order valence-electron chi connectivity index (χ0n) is 10.6. The number of rotatable bonds is 6. The van der Waals surface area contributed by atoms with E-state index in [0.29, 0.717) is 19.3 Å². The summed E-state index contributed by atoms with van der Waals surface area (Å²) in [6, 6.07) is 2.47. The van der Waals surface area contributed by atoms with E-state index in [9.17, 15) is 0 Å². The van der Waals surface area contributed by atoms with E-state index >= 15 is 0 Å². The second kappa shape index (κ2) is 6.55. The summed E-state index contributed by atoms with van der Waals surface area (Å²) in [5, 5.41) is 3.34. The largest absolute Gasteiger partial charge is 0.374 e. The second-order valence-electron chi connectivity index (χ2n) is 4.09. The van der Waals surface area contributed by atoms with E-state index in [1.807, 2.05) is 19.9 Å². The van der Waals surface area contributed by atoms with Gasteiger partial charge in [0.15, 0.2) is 5.82 Å². The van der Waals surface area contributed by atoms with Crippen molar-refractivity contribution in [1.82, 2.24) is 15.3 Å². The maximum atomic E-state index is 5.31. The maximum absolute atomic E-state index is 5.31. The van der Waals surface area contributed by atoms with E-state index in [4.69, 9.17) is 4.74 Å². The fourth-order valence-electron chi connectivity index (χ4n) is 1.36. The fraction of sp³-hybridized carbons (Fsp3) is 0.667. The van der Waals surface area contributed by atoms with Crippen molar-refractivity contribution in [1.29, 1.82) is 0 Å². The molecule has 0 saturated carbocycles. The first kappa shape index (κ1) is 13.1. The average molecular weight is 223 g/mol. The molecule has 1 heterocycles. The normalized spacial score (nSPS) is 11.1. The van der Waals surface area contributed by atoms with E-state index in [1.54, 1.807) is 0 Å². The molecule has 0 saturated heterocycles. The van der Waals surface area contributed by atoms with Crippen LogP contribution in [-0.2, 0) is 17.9 Å². The molecular formula is C12H21N3O. The molecule has 4 heteroatoms. The van der Waals surface area contributed by atoms with Gasteiger partial charge in [-0.1, -0.05) is 13.8 Å². The van der Waals surface area contributed by atoms with Crippen molar-refractivity contribution in [3.8, 4) is 0 Å². The van der Waals surface area contributed by atoms with Crippen molar-refractivity contribution in [3.63, 3.8) is 0 Å². The minimum absolute atomic E-state index is 0.464. The number of aromatic nitrogens is 2. The summed E-state index contributed by atoms with van der Waals surface area (Å²) >= 11 is 0. The van der Waals surface area contributed by atoms with Crippen LogP contribution in [0, 0.1) is 6.92 Å². The van der Waals surface area contributed by atoms with Gasteiger partial charge in [-0.25, -0.2) is 9.97 Å². The number of nitrogens with zero attached hydrogens (tertiary/aromatic N) is 2.